The molecule has 1 aliphatic rings. The fourth-order valence-electron chi connectivity index (χ4n) is 3.71. The minimum atomic E-state index is 0.0399. The summed E-state index contributed by atoms with van der Waals surface area (Å²) in [7, 11) is 0. The Hall–Kier alpha value is -2.85. The molecule has 0 amide bonds. The normalized spacial score (nSPS) is 15.3. The lowest BCUT2D eigenvalue weighted by atomic mass is 10.2. The van der Waals surface area contributed by atoms with Crippen LogP contribution in [0.25, 0.3) is 0 Å². The second-order valence-electron chi connectivity index (χ2n) is 7.19. The molecule has 1 aromatic heterocycles. The standard InChI is InChI=1S/C24H27N3O/c1-20(26-17-8-9-18-26)28-24-21(11-10-16-25-24)19-27(22-12-4-2-5-13-22)23-14-6-3-7-15-23/h2-7,10-16,20H,8-9,17-19H2,1H3. The van der Waals surface area contributed by atoms with E-state index in [4.69, 9.17) is 4.74 Å². The van der Waals surface area contributed by atoms with Crippen molar-refractivity contribution in [3.8, 4) is 5.88 Å². The van der Waals surface area contributed by atoms with E-state index in [9.17, 15) is 0 Å². The fraction of sp³-hybridized carbons (Fsp3) is 0.292. The second kappa shape index (κ2) is 8.89. The number of pyridine rings is 1. The Morgan fingerprint density at radius 1 is 0.893 bits per heavy atom. The minimum Gasteiger partial charge on any atom is -0.458 e. The van der Waals surface area contributed by atoms with E-state index in [1.807, 2.05) is 24.4 Å². The van der Waals surface area contributed by atoms with Gasteiger partial charge >= 0.3 is 0 Å². The van der Waals surface area contributed by atoms with E-state index >= 15 is 0 Å². The maximum Gasteiger partial charge on any atom is 0.219 e. The van der Waals surface area contributed by atoms with Crippen LogP contribution in [0.2, 0.25) is 0 Å². The molecule has 1 fully saturated rings. The number of anilines is 2. The van der Waals surface area contributed by atoms with Crippen LogP contribution in [-0.4, -0.2) is 29.2 Å². The van der Waals surface area contributed by atoms with Gasteiger partial charge in [-0.3, -0.25) is 4.90 Å². The first-order valence-corrected chi connectivity index (χ1v) is 10.0. The molecular formula is C24H27N3O. The molecule has 0 spiro atoms. The van der Waals surface area contributed by atoms with Crippen LogP contribution in [0.1, 0.15) is 25.3 Å². The zero-order valence-corrected chi connectivity index (χ0v) is 16.4. The number of hydrogen-bond donors (Lipinski definition) is 0. The molecule has 0 aliphatic carbocycles. The second-order valence-corrected chi connectivity index (χ2v) is 7.19. The third-order valence-electron chi connectivity index (χ3n) is 5.25. The molecule has 4 nitrogen and oxygen atoms in total. The molecule has 28 heavy (non-hydrogen) atoms. The van der Waals surface area contributed by atoms with Crippen molar-refractivity contribution in [1.29, 1.82) is 0 Å². The van der Waals surface area contributed by atoms with Crippen molar-refractivity contribution in [2.75, 3.05) is 18.0 Å². The van der Waals surface area contributed by atoms with Crippen LogP contribution in [-0.2, 0) is 6.54 Å². The number of para-hydroxylation sites is 2. The largest absolute Gasteiger partial charge is 0.458 e. The van der Waals surface area contributed by atoms with Crippen molar-refractivity contribution < 1.29 is 4.74 Å². The molecule has 2 heterocycles. The average Bonchev–Trinajstić information content (AvgIpc) is 3.29. The number of likely N-dealkylation sites (tertiary alicyclic amines) is 1. The molecule has 144 valence electrons. The van der Waals surface area contributed by atoms with Gasteiger partial charge in [-0.1, -0.05) is 42.5 Å². The van der Waals surface area contributed by atoms with E-state index in [2.05, 4.69) is 76.3 Å². The highest BCUT2D eigenvalue weighted by Gasteiger charge is 2.21. The van der Waals surface area contributed by atoms with Crippen LogP contribution in [0.4, 0.5) is 11.4 Å². The highest BCUT2D eigenvalue weighted by Crippen LogP contribution is 2.29. The Balaban J connectivity index is 1.60. The van der Waals surface area contributed by atoms with E-state index in [1.54, 1.807) is 0 Å². The molecule has 0 N–H and O–H groups in total. The van der Waals surface area contributed by atoms with E-state index in [1.165, 1.54) is 12.8 Å². The van der Waals surface area contributed by atoms with Crippen molar-refractivity contribution in [2.45, 2.75) is 32.5 Å². The number of benzene rings is 2. The number of hydrogen-bond acceptors (Lipinski definition) is 4. The lowest BCUT2D eigenvalue weighted by Gasteiger charge is -2.28. The Morgan fingerprint density at radius 2 is 1.50 bits per heavy atom. The minimum absolute atomic E-state index is 0.0399. The Bertz CT molecular complexity index is 824. The highest BCUT2D eigenvalue weighted by atomic mass is 16.5. The predicted molar refractivity (Wildman–Crippen MR) is 114 cm³/mol. The summed E-state index contributed by atoms with van der Waals surface area (Å²) in [5, 5.41) is 0. The number of aromatic nitrogens is 1. The molecular weight excluding hydrogens is 346 g/mol. The average molecular weight is 374 g/mol. The monoisotopic (exact) mass is 373 g/mol. The van der Waals surface area contributed by atoms with Crippen molar-refractivity contribution >= 4 is 11.4 Å². The van der Waals surface area contributed by atoms with Crippen LogP contribution in [0.3, 0.4) is 0 Å². The van der Waals surface area contributed by atoms with Gasteiger partial charge in [-0.05, 0) is 50.1 Å². The molecule has 1 unspecified atom stereocenters. The summed E-state index contributed by atoms with van der Waals surface area (Å²) in [4.78, 5) is 9.23. The smallest absolute Gasteiger partial charge is 0.219 e. The summed E-state index contributed by atoms with van der Waals surface area (Å²) in [5.41, 5.74) is 3.38. The molecule has 1 aliphatic heterocycles. The molecule has 4 rings (SSSR count). The summed E-state index contributed by atoms with van der Waals surface area (Å²) >= 11 is 0. The van der Waals surface area contributed by atoms with Gasteiger partial charge in [0, 0.05) is 36.2 Å². The van der Waals surface area contributed by atoms with Crippen molar-refractivity contribution in [2.24, 2.45) is 0 Å². The summed E-state index contributed by atoms with van der Waals surface area (Å²) in [6.45, 7) is 5.02. The van der Waals surface area contributed by atoms with Crippen LogP contribution in [0.15, 0.2) is 79.0 Å². The van der Waals surface area contributed by atoms with E-state index in [-0.39, 0.29) is 6.23 Å². The highest BCUT2D eigenvalue weighted by molar-refractivity contribution is 5.63. The summed E-state index contributed by atoms with van der Waals surface area (Å²) < 4.78 is 6.29. The molecule has 0 saturated carbocycles. The molecule has 0 bridgehead atoms. The lowest BCUT2D eigenvalue weighted by molar-refractivity contribution is 0.0542. The Kier molecular flexibility index (Phi) is 5.88. The fourth-order valence-corrected chi connectivity index (χ4v) is 3.71. The van der Waals surface area contributed by atoms with E-state index in [0.29, 0.717) is 6.54 Å². The molecule has 1 atom stereocenters. The molecule has 0 radical (unpaired) electrons. The summed E-state index contributed by atoms with van der Waals surface area (Å²) in [6, 6.07) is 25.0. The van der Waals surface area contributed by atoms with Crippen molar-refractivity contribution in [1.82, 2.24) is 9.88 Å². The van der Waals surface area contributed by atoms with Gasteiger partial charge in [0.2, 0.25) is 5.88 Å². The predicted octanol–water partition coefficient (Wildman–Crippen LogP) is 5.24. The van der Waals surface area contributed by atoms with Crippen LogP contribution in [0, 0.1) is 0 Å². The van der Waals surface area contributed by atoms with Gasteiger partial charge in [-0.2, -0.15) is 0 Å². The number of ether oxygens (including phenoxy) is 1. The van der Waals surface area contributed by atoms with Crippen LogP contribution in [0.5, 0.6) is 5.88 Å². The Labute approximate surface area is 167 Å². The summed E-state index contributed by atoms with van der Waals surface area (Å²) in [5.74, 6) is 0.721. The molecule has 1 saturated heterocycles. The number of rotatable bonds is 7. The van der Waals surface area contributed by atoms with Crippen molar-refractivity contribution in [3.63, 3.8) is 0 Å². The van der Waals surface area contributed by atoms with Crippen LogP contribution < -0.4 is 9.64 Å². The van der Waals surface area contributed by atoms with E-state index < -0.39 is 0 Å². The summed E-state index contributed by atoms with van der Waals surface area (Å²) in [6.07, 6.45) is 4.35. The SMILES string of the molecule is CC(Oc1ncccc1CN(c1ccccc1)c1ccccc1)N1CCCC1. The first-order chi connectivity index (χ1) is 13.8. The number of nitrogens with zero attached hydrogens (tertiary/aromatic N) is 3. The maximum atomic E-state index is 6.29. The zero-order chi connectivity index (χ0) is 19.2. The first kappa shape index (κ1) is 18.5. The Morgan fingerprint density at radius 3 is 2.11 bits per heavy atom. The van der Waals surface area contributed by atoms with E-state index in [0.717, 1.165) is 35.9 Å². The quantitative estimate of drug-likeness (QED) is 0.566. The molecule has 4 heteroatoms. The lowest BCUT2D eigenvalue weighted by Crippen LogP contribution is -2.35. The van der Waals surface area contributed by atoms with Gasteiger partial charge in [-0.25, -0.2) is 4.98 Å². The zero-order valence-electron chi connectivity index (χ0n) is 16.4. The third-order valence-corrected chi connectivity index (χ3v) is 5.25. The van der Waals surface area contributed by atoms with Crippen LogP contribution >= 0.6 is 0 Å². The molecule has 3 aromatic rings. The van der Waals surface area contributed by atoms with Gasteiger partial charge in [0.25, 0.3) is 0 Å². The van der Waals surface area contributed by atoms with Gasteiger partial charge < -0.3 is 9.64 Å². The van der Waals surface area contributed by atoms with Gasteiger partial charge in [0.15, 0.2) is 6.23 Å². The maximum absolute atomic E-state index is 6.29. The topological polar surface area (TPSA) is 28.6 Å². The first-order valence-electron chi connectivity index (χ1n) is 10.0. The van der Waals surface area contributed by atoms with Gasteiger partial charge in [0.05, 0.1) is 6.54 Å². The van der Waals surface area contributed by atoms with Crippen molar-refractivity contribution in [3.05, 3.63) is 84.6 Å². The third kappa shape index (κ3) is 4.34. The van der Waals surface area contributed by atoms with Gasteiger partial charge in [-0.15, -0.1) is 0 Å². The molecule has 2 aromatic carbocycles. The van der Waals surface area contributed by atoms with Gasteiger partial charge in [0.1, 0.15) is 0 Å².